The van der Waals surface area contributed by atoms with Gasteiger partial charge in [0.15, 0.2) is 0 Å². The van der Waals surface area contributed by atoms with Crippen molar-refractivity contribution in [3.05, 3.63) is 40.0 Å². The van der Waals surface area contributed by atoms with Crippen molar-refractivity contribution in [2.45, 2.75) is 13.3 Å². The quantitative estimate of drug-likeness (QED) is 0.941. The van der Waals surface area contributed by atoms with Gasteiger partial charge in [-0.25, -0.2) is 0 Å². The second-order valence-electron chi connectivity index (χ2n) is 4.40. The smallest absolute Gasteiger partial charge is 0.0711 e. The average Bonchev–Trinajstić information content (AvgIpc) is 2.63. The minimum absolute atomic E-state index is 0.956. The van der Waals surface area contributed by atoms with E-state index in [2.05, 4.69) is 57.5 Å². The van der Waals surface area contributed by atoms with Crippen LogP contribution in [0.4, 0.5) is 0 Å². The molecule has 18 heavy (non-hydrogen) atoms. The van der Waals surface area contributed by atoms with Gasteiger partial charge in [0.2, 0.25) is 0 Å². The Morgan fingerprint density at radius 3 is 2.56 bits per heavy atom. The highest BCUT2D eigenvalue weighted by molar-refractivity contribution is 9.10. The largest absolute Gasteiger partial charge is 0.319 e. The number of benzene rings is 1. The minimum Gasteiger partial charge on any atom is -0.319 e. The maximum atomic E-state index is 4.61. The third kappa shape index (κ3) is 2.65. The van der Waals surface area contributed by atoms with Crippen LogP contribution < -0.4 is 5.32 Å². The van der Waals surface area contributed by atoms with E-state index in [1.165, 1.54) is 22.5 Å². The molecule has 0 bridgehead atoms. The molecule has 0 saturated carbocycles. The van der Waals surface area contributed by atoms with Gasteiger partial charge in [-0.3, -0.25) is 4.68 Å². The second-order valence-corrected chi connectivity index (χ2v) is 5.32. The van der Waals surface area contributed by atoms with Crippen molar-refractivity contribution in [1.82, 2.24) is 15.1 Å². The molecule has 4 heteroatoms. The van der Waals surface area contributed by atoms with E-state index in [0.29, 0.717) is 0 Å². The van der Waals surface area contributed by atoms with Crippen molar-refractivity contribution in [3.8, 4) is 11.3 Å². The van der Waals surface area contributed by atoms with Crippen molar-refractivity contribution in [2.24, 2.45) is 7.05 Å². The van der Waals surface area contributed by atoms with Crippen LogP contribution in [0.5, 0.6) is 0 Å². The molecule has 0 atom stereocenters. The van der Waals surface area contributed by atoms with Gasteiger partial charge in [-0.05, 0) is 31.7 Å². The topological polar surface area (TPSA) is 29.9 Å². The fourth-order valence-electron chi connectivity index (χ4n) is 2.18. The lowest BCUT2D eigenvalue weighted by molar-refractivity contribution is 0.720. The molecule has 2 aromatic rings. The molecule has 0 spiro atoms. The Kier molecular flexibility index (Phi) is 4.19. The lowest BCUT2D eigenvalue weighted by Crippen LogP contribution is -2.11. The zero-order valence-electron chi connectivity index (χ0n) is 11.0. The molecule has 0 fully saturated rings. The molecule has 0 unspecified atom stereocenters. The van der Waals surface area contributed by atoms with E-state index in [1.54, 1.807) is 0 Å². The normalized spacial score (nSPS) is 10.9. The van der Waals surface area contributed by atoms with Gasteiger partial charge in [0.1, 0.15) is 0 Å². The van der Waals surface area contributed by atoms with Crippen LogP contribution in [0.1, 0.15) is 11.3 Å². The van der Waals surface area contributed by atoms with Crippen LogP contribution in [-0.4, -0.2) is 23.4 Å². The van der Waals surface area contributed by atoms with Crippen LogP contribution >= 0.6 is 15.9 Å². The first-order valence-electron chi connectivity index (χ1n) is 6.06. The van der Waals surface area contributed by atoms with Crippen molar-refractivity contribution >= 4 is 15.9 Å². The maximum Gasteiger partial charge on any atom is 0.0711 e. The van der Waals surface area contributed by atoms with Crippen molar-refractivity contribution in [3.63, 3.8) is 0 Å². The average molecular weight is 308 g/mol. The van der Waals surface area contributed by atoms with Crippen LogP contribution in [0.3, 0.4) is 0 Å². The molecule has 1 N–H and O–H groups in total. The fraction of sp³-hybridized carbons (Fsp3) is 0.357. The third-order valence-corrected chi connectivity index (χ3v) is 3.64. The second kappa shape index (κ2) is 5.67. The first-order chi connectivity index (χ1) is 8.63. The fourth-order valence-corrected chi connectivity index (χ4v) is 2.44. The Hall–Kier alpha value is -1.13. The Morgan fingerprint density at radius 2 is 1.94 bits per heavy atom. The summed E-state index contributed by atoms with van der Waals surface area (Å²) < 4.78 is 3.07. The molecule has 1 aromatic heterocycles. The van der Waals surface area contributed by atoms with Crippen LogP contribution in [0.25, 0.3) is 11.3 Å². The SMILES string of the molecule is CNCCc1nn(C)c(-c2ccc(Br)cc2)c1C. The molecule has 1 heterocycles. The maximum absolute atomic E-state index is 4.61. The lowest BCUT2D eigenvalue weighted by Gasteiger charge is -2.04. The molecule has 96 valence electrons. The number of rotatable bonds is 4. The Bertz CT molecular complexity index is 529. The summed E-state index contributed by atoms with van der Waals surface area (Å²) in [6.45, 7) is 3.10. The van der Waals surface area contributed by atoms with E-state index in [0.717, 1.165) is 17.4 Å². The van der Waals surface area contributed by atoms with E-state index < -0.39 is 0 Å². The molecule has 0 aliphatic heterocycles. The first-order valence-corrected chi connectivity index (χ1v) is 6.85. The zero-order chi connectivity index (χ0) is 13.1. The van der Waals surface area contributed by atoms with Gasteiger partial charge < -0.3 is 5.32 Å². The molecule has 0 radical (unpaired) electrons. The van der Waals surface area contributed by atoms with Gasteiger partial charge >= 0.3 is 0 Å². The Balaban J connectivity index is 2.38. The predicted molar refractivity (Wildman–Crippen MR) is 78.7 cm³/mol. The highest BCUT2D eigenvalue weighted by Crippen LogP contribution is 2.26. The number of aryl methyl sites for hydroxylation is 1. The predicted octanol–water partition coefficient (Wildman–Crippen LogP) is 2.92. The van der Waals surface area contributed by atoms with Crippen molar-refractivity contribution in [1.29, 1.82) is 0 Å². The van der Waals surface area contributed by atoms with Gasteiger partial charge in [0.25, 0.3) is 0 Å². The summed E-state index contributed by atoms with van der Waals surface area (Å²) in [5.74, 6) is 0. The molecule has 1 aromatic carbocycles. The molecule has 0 amide bonds. The van der Waals surface area contributed by atoms with E-state index in [-0.39, 0.29) is 0 Å². The number of nitrogens with zero attached hydrogens (tertiary/aromatic N) is 2. The summed E-state index contributed by atoms with van der Waals surface area (Å²) in [5, 5.41) is 7.78. The Morgan fingerprint density at radius 1 is 1.28 bits per heavy atom. The van der Waals surface area contributed by atoms with Crippen LogP contribution in [0.15, 0.2) is 28.7 Å². The van der Waals surface area contributed by atoms with Crippen LogP contribution in [0, 0.1) is 6.92 Å². The summed E-state index contributed by atoms with van der Waals surface area (Å²) in [7, 11) is 3.97. The van der Waals surface area contributed by atoms with Crippen molar-refractivity contribution in [2.75, 3.05) is 13.6 Å². The summed E-state index contributed by atoms with van der Waals surface area (Å²) in [4.78, 5) is 0. The number of hydrogen-bond donors (Lipinski definition) is 1. The first kappa shape index (κ1) is 13.3. The molecule has 0 aliphatic carbocycles. The van der Waals surface area contributed by atoms with E-state index in [1.807, 2.05) is 18.8 Å². The minimum atomic E-state index is 0.956. The Labute approximate surface area is 116 Å². The molecular formula is C14H18BrN3. The molecule has 2 rings (SSSR count). The monoisotopic (exact) mass is 307 g/mol. The van der Waals surface area contributed by atoms with Gasteiger partial charge in [-0.2, -0.15) is 5.10 Å². The zero-order valence-corrected chi connectivity index (χ0v) is 12.6. The number of aromatic nitrogens is 2. The number of nitrogens with one attached hydrogen (secondary N) is 1. The lowest BCUT2D eigenvalue weighted by atomic mass is 10.1. The standard InChI is InChI=1S/C14H18BrN3/c1-10-13(8-9-16-2)17-18(3)14(10)11-4-6-12(15)7-5-11/h4-7,16H,8-9H2,1-3H3. The highest BCUT2D eigenvalue weighted by atomic mass is 79.9. The van der Waals surface area contributed by atoms with Gasteiger partial charge in [-0.15, -0.1) is 0 Å². The van der Waals surface area contributed by atoms with E-state index in [9.17, 15) is 0 Å². The third-order valence-electron chi connectivity index (χ3n) is 3.11. The molecule has 3 nitrogen and oxygen atoms in total. The molecular weight excluding hydrogens is 290 g/mol. The van der Waals surface area contributed by atoms with Gasteiger partial charge in [-0.1, -0.05) is 28.1 Å². The molecule has 0 aliphatic rings. The summed E-state index contributed by atoms with van der Waals surface area (Å²) >= 11 is 3.46. The van der Waals surface area contributed by atoms with Crippen molar-refractivity contribution < 1.29 is 0 Å². The summed E-state index contributed by atoms with van der Waals surface area (Å²) in [5.41, 5.74) is 4.86. The number of halogens is 1. The number of likely N-dealkylation sites (N-methyl/N-ethyl adjacent to an activating group) is 1. The van der Waals surface area contributed by atoms with Crippen LogP contribution in [-0.2, 0) is 13.5 Å². The highest BCUT2D eigenvalue weighted by Gasteiger charge is 2.13. The van der Waals surface area contributed by atoms with Gasteiger partial charge in [0, 0.05) is 30.0 Å². The number of hydrogen-bond acceptors (Lipinski definition) is 2. The van der Waals surface area contributed by atoms with E-state index in [4.69, 9.17) is 0 Å². The van der Waals surface area contributed by atoms with Crippen LogP contribution in [0.2, 0.25) is 0 Å². The molecule has 0 saturated heterocycles. The van der Waals surface area contributed by atoms with E-state index >= 15 is 0 Å². The van der Waals surface area contributed by atoms with Gasteiger partial charge in [0.05, 0.1) is 11.4 Å². The summed E-state index contributed by atoms with van der Waals surface area (Å²) in [6.07, 6.45) is 0.965. The summed E-state index contributed by atoms with van der Waals surface area (Å²) in [6, 6.07) is 8.37.